The Bertz CT molecular complexity index is 2950. The maximum absolute atomic E-state index is 15.1. The van der Waals surface area contributed by atoms with Crippen molar-refractivity contribution < 1.29 is 26.3 Å². The lowest BCUT2D eigenvalue weighted by Crippen LogP contribution is -2.11. The zero-order valence-corrected chi connectivity index (χ0v) is 30.7. The molecule has 0 unspecified atom stereocenters. The second-order valence-electron chi connectivity index (χ2n) is 13.9. The van der Waals surface area contributed by atoms with Crippen LogP contribution in [0.25, 0.3) is 88.5 Å². The summed E-state index contributed by atoms with van der Waals surface area (Å²) in [6.07, 6.45) is -9.69. The van der Waals surface area contributed by atoms with Gasteiger partial charge in [-0.25, -0.2) is 14.8 Å². The van der Waals surface area contributed by atoms with Crippen LogP contribution >= 0.6 is 0 Å². The van der Waals surface area contributed by atoms with Gasteiger partial charge < -0.3 is 4.57 Å². The highest BCUT2D eigenvalue weighted by Gasteiger charge is 2.37. The second kappa shape index (κ2) is 14.5. The van der Waals surface area contributed by atoms with Crippen LogP contribution in [0.1, 0.15) is 11.1 Å². The van der Waals surface area contributed by atoms with Gasteiger partial charge in [0.2, 0.25) is 0 Å². The summed E-state index contributed by atoms with van der Waals surface area (Å²) in [5, 5.41) is 1.27. The lowest BCUT2D eigenvalue weighted by Gasteiger charge is -2.24. The van der Waals surface area contributed by atoms with Gasteiger partial charge in [0.05, 0.1) is 45.8 Å². The average molecular weight is 787 g/mol. The molecule has 9 rings (SSSR count). The Labute approximate surface area is 334 Å². The third-order valence-electron chi connectivity index (χ3n) is 10.3. The first kappa shape index (κ1) is 37.1. The van der Waals surface area contributed by atoms with Gasteiger partial charge in [-0.05, 0) is 65.0 Å². The number of aromatic nitrogens is 3. The predicted octanol–water partition coefficient (Wildman–Crippen LogP) is 14.5. The third-order valence-corrected chi connectivity index (χ3v) is 10.3. The van der Waals surface area contributed by atoms with Crippen LogP contribution in [0.4, 0.5) is 32.0 Å². The largest absolute Gasteiger partial charge is 0.417 e. The molecule has 0 aliphatic rings. The number of fused-ring (bicyclic) bond motifs is 3. The molecule has 7 aromatic carbocycles. The van der Waals surface area contributed by atoms with E-state index in [0.29, 0.717) is 38.9 Å². The minimum absolute atomic E-state index is 0.00529. The maximum Gasteiger partial charge on any atom is 0.417 e. The van der Waals surface area contributed by atoms with Gasteiger partial charge in [0, 0.05) is 33.2 Å². The minimum Gasteiger partial charge on any atom is -0.308 e. The SMILES string of the molecule is [C-]#[N+]c1ccc2c(c1)c1ccccc1n2-c1c(-c2ccccc2C(F)(F)F)cc(-c2nc(-c3ccccc3)cc(-c3ccccc3)n2)cc1-c1ccccc1C(F)(F)F. The zero-order chi connectivity index (χ0) is 40.9. The third kappa shape index (κ3) is 6.76. The van der Waals surface area contributed by atoms with Gasteiger partial charge >= 0.3 is 12.4 Å². The fourth-order valence-corrected chi connectivity index (χ4v) is 7.71. The van der Waals surface area contributed by atoms with Crippen LogP contribution in [0.15, 0.2) is 170 Å². The Morgan fingerprint density at radius 2 is 0.915 bits per heavy atom. The standard InChI is InChI=1S/C49H28F6N4/c1-56-33-24-25-45-37(28-33)36-20-10-13-23-44(36)59(45)46-38(34-18-8-11-21-40(34)48(50,51)52)26-32(27-39(46)35-19-9-12-22-41(35)49(53,54)55)47-57-42(30-14-4-2-5-15-30)29-43(58-47)31-16-6-3-7-17-31/h2-29H. The first-order chi connectivity index (χ1) is 28.5. The maximum atomic E-state index is 15.1. The van der Waals surface area contributed by atoms with Crippen molar-refractivity contribution in [2.24, 2.45) is 0 Å². The van der Waals surface area contributed by atoms with Crippen LogP contribution in [-0.2, 0) is 12.4 Å². The predicted molar refractivity (Wildman–Crippen MR) is 220 cm³/mol. The normalized spacial score (nSPS) is 11.9. The number of hydrogen-bond donors (Lipinski definition) is 0. The van der Waals surface area contributed by atoms with Crippen molar-refractivity contribution in [2.75, 3.05) is 0 Å². The lowest BCUT2D eigenvalue weighted by atomic mass is 9.88. The van der Waals surface area contributed by atoms with Gasteiger partial charge in [-0.15, -0.1) is 0 Å². The quantitative estimate of drug-likeness (QED) is 0.124. The van der Waals surface area contributed by atoms with Crippen LogP contribution in [0.5, 0.6) is 0 Å². The Morgan fingerprint density at radius 3 is 1.44 bits per heavy atom. The van der Waals surface area contributed by atoms with Crippen molar-refractivity contribution >= 4 is 27.5 Å². The molecule has 0 spiro atoms. The van der Waals surface area contributed by atoms with Crippen LogP contribution in [-0.4, -0.2) is 14.5 Å². The van der Waals surface area contributed by atoms with Gasteiger partial charge in [0.1, 0.15) is 0 Å². The highest BCUT2D eigenvalue weighted by Crippen LogP contribution is 2.49. The number of hydrogen-bond acceptors (Lipinski definition) is 2. The molecular weight excluding hydrogens is 759 g/mol. The smallest absolute Gasteiger partial charge is 0.308 e. The molecule has 0 saturated heterocycles. The summed E-state index contributed by atoms with van der Waals surface area (Å²) >= 11 is 0. The van der Waals surface area contributed by atoms with E-state index in [1.807, 2.05) is 66.7 Å². The summed E-state index contributed by atoms with van der Waals surface area (Å²) in [7, 11) is 0. The van der Waals surface area contributed by atoms with Crippen molar-refractivity contribution in [3.63, 3.8) is 0 Å². The molecule has 0 amide bonds. The molecule has 0 N–H and O–H groups in total. The van der Waals surface area contributed by atoms with Gasteiger partial charge in [-0.2, -0.15) is 26.3 Å². The molecule has 0 bridgehead atoms. The summed E-state index contributed by atoms with van der Waals surface area (Å²) in [6, 6.07) is 45.6. The van der Waals surface area contributed by atoms with Gasteiger partial charge in [-0.1, -0.05) is 121 Å². The summed E-state index contributed by atoms with van der Waals surface area (Å²) in [5.74, 6) is 0.0946. The topological polar surface area (TPSA) is 35.1 Å². The van der Waals surface area contributed by atoms with Gasteiger partial charge in [0.25, 0.3) is 0 Å². The van der Waals surface area contributed by atoms with E-state index in [9.17, 15) is 0 Å². The fourth-order valence-electron chi connectivity index (χ4n) is 7.71. The van der Waals surface area contributed by atoms with E-state index in [2.05, 4.69) is 4.85 Å². The molecule has 2 aromatic heterocycles. The monoisotopic (exact) mass is 786 g/mol. The Hall–Kier alpha value is -7.51. The van der Waals surface area contributed by atoms with E-state index in [-0.39, 0.29) is 39.3 Å². The van der Waals surface area contributed by atoms with E-state index >= 15 is 26.3 Å². The number of benzene rings is 7. The lowest BCUT2D eigenvalue weighted by molar-refractivity contribution is -0.137. The zero-order valence-electron chi connectivity index (χ0n) is 30.7. The van der Waals surface area contributed by atoms with Crippen LogP contribution in [0, 0.1) is 6.57 Å². The average Bonchev–Trinajstić information content (AvgIpc) is 3.59. The van der Waals surface area contributed by atoms with Crippen LogP contribution < -0.4 is 0 Å². The molecule has 2 heterocycles. The second-order valence-corrected chi connectivity index (χ2v) is 13.9. The Morgan fingerprint density at radius 1 is 0.441 bits per heavy atom. The molecule has 59 heavy (non-hydrogen) atoms. The van der Waals surface area contributed by atoms with Gasteiger partial charge in [-0.3, -0.25) is 0 Å². The number of para-hydroxylation sites is 1. The van der Waals surface area contributed by atoms with E-state index in [1.54, 1.807) is 47.0 Å². The number of alkyl halides is 6. The Kier molecular flexibility index (Phi) is 9.09. The highest BCUT2D eigenvalue weighted by molar-refractivity contribution is 6.12. The van der Waals surface area contributed by atoms with Crippen molar-refractivity contribution in [1.29, 1.82) is 0 Å². The van der Waals surface area contributed by atoms with E-state index in [0.717, 1.165) is 23.3 Å². The molecular formula is C49H28F6N4. The molecule has 9 aromatic rings. The summed E-state index contributed by atoms with van der Waals surface area (Å²) in [4.78, 5) is 13.5. The van der Waals surface area contributed by atoms with E-state index in [4.69, 9.17) is 16.5 Å². The fraction of sp³-hybridized carbons (Fsp3) is 0.0408. The van der Waals surface area contributed by atoms with E-state index < -0.39 is 23.5 Å². The molecule has 4 nitrogen and oxygen atoms in total. The molecule has 286 valence electrons. The van der Waals surface area contributed by atoms with Gasteiger partial charge in [0.15, 0.2) is 11.5 Å². The highest BCUT2D eigenvalue weighted by atomic mass is 19.4. The first-order valence-electron chi connectivity index (χ1n) is 18.4. The summed E-state index contributed by atoms with van der Waals surface area (Å²) in [6.45, 7) is 7.69. The van der Waals surface area contributed by atoms with Crippen molar-refractivity contribution in [2.45, 2.75) is 12.4 Å². The minimum atomic E-state index is -4.84. The molecule has 0 atom stereocenters. The summed E-state index contributed by atoms with van der Waals surface area (Å²) in [5.41, 5.74) is 1.60. The number of halogens is 6. The van der Waals surface area contributed by atoms with E-state index in [1.165, 1.54) is 48.5 Å². The molecule has 0 aliphatic heterocycles. The summed E-state index contributed by atoms with van der Waals surface area (Å²) < 4.78 is 92.5. The molecule has 0 radical (unpaired) electrons. The molecule has 0 saturated carbocycles. The van der Waals surface area contributed by atoms with Crippen molar-refractivity contribution in [3.8, 4) is 61.8 Å². The molecule has 0 fully saturated rings. The number of nitrogens with zero attached hydrogens (tertiary/aromatic N) is 4. The van der Waals surface area contributed by atoms with Crippen molar-refractivity contribution in [3.05, 3.63) is 192 Å². The molecule has 10 heteroatoms. The van der Waals surface area contributed by atoms with Crippen LogP contribution in [0.3, 0.4) is 0 Å². The first-order valence-corrected chi connectivity index (χ1v) is 18.4. The molecule has 0 aliphatic carbocycles. The Balaban J connectivity index is 1.49. The van der Waals surface area contributed by atoms with Crippen LogP contribution in [0.2, 0.25) is 0 Å². The number of rotatable bonds is 6. The van der Waals surface area contributed by atoms with Crippen molar-refractivity contribution in [1.82, 2.24) is 14.5 Å².